The minimum atomic E-state index is -5.19. The van der Waals surface area contributed by atoms with Crippen LogP contribution in [0, 0.1) is 0 Å². The second-order valence-electron chi connectivity index (χ2n) is 4.62. The van der Waals surface area contributed by atoms with E-state index in [0.29, 0.717) is 0 Å². The minimum absolute atomic E-state index is 0.303. The molecule has 27 heavy (non-hydrogen) atoms. The first-order valence-corrected chi connectivity index (χ1v) is 6.96. The Morgan fingerprint density at radius 3 is 1.89 bits per heavy atom. The van der Waals surface area contributed by atoms with Gasteiger partial charge in [0.2, 0.25) is 0 Å². The van der Waals surface area contributed by atoms with E-state index in [9.17, 15) is 27.9 Å². The number of ether oxygens (including phenoxy) is 2. The summed E-state index contributed by atoms with van der Waals surface area (Å²) in [4.78, 5) is 31.8. The number of hydrogen-bond acceptors (Lipinski definition) is 7. The van der Waals surface area contributed by atoms with Crippen LogP contribution in [0.15, 0.2) is 41.8 Å². The van der Waals surface area contributed by atoms with E-state index in [1.807, 2.05) is 18.2 Å². The number of aliphatic hydroxyl groups is 1. The van der Waals surface area contributed by atoms with Crippen LogP contribution in [0.3, 0.4) is 0 Å². The maximum absolute atomic E-state index is 11.7. The highest BCUT2D eigenvalue weighted by atomic mass is 19.4. The van der Waals surface area contributed by atoms with Gasteiger partial charge in [0, 0.05) is 5.56 Å². The molecule has 1 rings (SSSR count). The maximum atomic E-state index is 11.7. The van der Waals surface area contributed by atoms with Crippen molar-refractivity contribution in [3.05, 3.63) is 47.4 Å². The van der Waals surface area contributed by atoms with Crippen LogP contribution in [0.5, 0.6) is 0 Å². The van der Waals surface area contributed by atoms with Crippen molar-refractivity contribution in [1.29, 1.82) is 0 Å². The third-order valence-electron chi connectivity index (χ3n) is 2.71. The van der Waals surface area contributed by atoms with Crippen LogP contribution in [0.4, 0.5) is 13.2 Å². The van der Waals surface area contributed by atoms with Gasteiger partial charge in [0.05, 0.1) is 14.2 Å². The molecule has 0 heterocycles. The number of carboxylic acids is 1. The summed E-state index contributed by atoms with van der Waals surface area (Å²) in [6.45, 7) is 0. The summed E-state index contributed by atoms with van der Waals surface area (Å²) >= 11 is 0. The molecule has 148 valence electrons. The number of esters is 2. The molecule has 11 heteroatoms. The molecule has 0 spiro atoms. The molecule has 0 aliphatic rings. The first-order chi connectivity index (χ1) is 12.4. The van der Waals surface area contributed by atoms with Crippen molar-refractivity contribution in [3.63, 3.8) is 0 Å². The fourth-order valence-corrected chi connectivity index (χ4v) is 1.52. The van der Waals surface area contributed by atoms with E-state index in [-0.39, 0.29) is 5.70 Å². The first-order valence-electron chi connectivity index (χ1n) is 6.96. The van der Waals surface area contributed by atoms with Crippen LogP contribution in [-0.4, -0.2) is 61.2 Å². The number of carboxylic acid groups (broad SMARTS) is 1. The predicted molar refractivity (Wildman–Crippen MR) is 82.5 cm³/mol. The van der Waals surface area contributed by atoms with Crippen molar-refractivity contribution in [2.24, 2.45) is 0 Å². The van der Waals surface area contributed by atoms with Gasteiger partial charge in [0.1, 0.15) is 13.0 Å². The molecule has 0 unspecified atom stereocenters. The van der Waals surface area contributed by atoms with Crippen LogP contribution in [0.2, 0.25) is 0 Å². The van der Waals surface area contributed by atoms with E-state index < -0.39 is 29.8 Å². The van der Waals surface area contributed by atoms with Crippen LogP contribution in [-0.2, 0) is 23.9 Å². The number of aliphatic hydroxyl groups excluding tert-OH is 1. The second kappa shape index (κ2) is 10.6. The van der Waals surface area contributed by atoms with Crippen LogP contribution < -0.4 is 5.11 Å². The van der Waals surface area contributed by atoms with Gasteiger partial charge in [0.25, 0.3) is 5.76 Å². The number of alkyl halides is 3. The van der Waals surface area contributed by atoms with E-state index in [1.54, 1.807) is 18.3 Å². The molecule has 1 aromatic carbocycles. The molecule has 1 N–H and O–H groups in total. The van der Waals surface area contributed by atoms with Crippen molar-refractivity contribution in [2.45, 2.75) is 6.18 Å². The number of rotatable bonds is 4. The van der Waals surface area contributed by atoms with Gasteiger partial charge in [-0.15, -0.1) is 0 Å². The lowest BCUT2D eigenvalue weighted by atomic mass is 10.2. The number of methoxy groups -OCH3 is 2. The zero-order valence-corrected chi connectivity index (χ0v) is 14.4. The van der Waals surface area contributed by atoms with Crippen molar-refractivity contribution in [1.82, 2.24) is 0 Å². The van der Waals surface area contributed by atoms with Crippen molar-refractivity contribution in [3.8, 4) is 0 Å². The van der Waals surface area contributed by atoms with E-state index in [1.165, 1.54) is 11.6 Å². The predicted octanol–water partition coefficient (Wildman–Crippen LogP) is 0.162. The number of nitrogens with zero attached hydrogens (tertiary/aromatic N) is 1. The second-order valence-corrected chi connectivity index (χ2v) is 4.62. The Morgan fingerprint density at radius 1 is 1.07 bits per heavy atom. The molecule has 0 aliphatic carbocycles. The van der Waals surface area contributed by atoms with E-state index >= 15 is 0 Å². The summed E-state index contributed by atoms with van der Waals surface area (Å²) in [5.74, 6) is -5.68. The summed E-state index contributed by atoms with van der Waals surface area (Å²) in [6, 6.07) is 9.10. The van der Waals surface area contributed by atoms with Gasteiger partial charge in [-0.25, -0.2) is 9.59 Å². The van der Waals surface area contributed by atoms with Crippen molar-refractivity contribution >= 4 is 24.1 Å². The number of benzene rings is 1. The highest BCUT2D eigenvalue weighted by Crippen LogP contribution is 2.11. The molecular formula is C16H16F3NO7. The number of carbonyl (C=O) groups excluding carboxylic acids is 3. The van der Waals surface area contributed by atoms with E-state index in [4.69, 9.17) is 9.90 Å². The molecule has 0 saturated heterocycles. The Bertz CT molecular complexity index is 740. The van der Waals surface area contributed by atoms with Gasteiger partial charge in [-0.05, 0) is 12.1 Å². The fourth-order valence-electron chi connectivity index (χ4n) is 1.52. The molecule has 0 atom stereocenters. The summed E-state index contributed by atoms with van der Waals surface area (Å²) in [5.41, 5.74) is 0.484. The topological polar surface area (TPSA) is 116 Å². The van der Waals surface area contributed by atoms with Gasteiger partial charge in [-0.2, -0.15) is 17.7 Å². The smallest absolute Gasteiger partial charge is 0.430 e. The molecule has 1 aromatic rings. The average molecular weight is 391 g/mol. The largest absolute Gasteiger partial charge is 0.542 e. The Kier molecular flexibility index (Phi) is 9.26. The zero-order chi connectivity index (χ0) is 21.2. The van der Waals surface area contributed by atoms with Gasteiger partial charge >= 0.3 is 23.8 Å². The summed E-state index contributed by atoms with van der Waals surface area (Å²) in [6.07, 6.45) is -3.62. The van der Waals surface area contributed by atoms with Crippen molar-refractivity contribution in [2.75, 3.05) is 21.3 Å². The number of hydrogen-bond donors (Lipinski definition) is 1. The minimum Gasteiger partial charge on any atom is -0.542 e. The standard InChI is InChI=1S/C14H15NO5.C2HF3O2/c1-15(9-10-7-5-4-6-8-10)11(13(17)19-2)12(16)14(18)20-3;3-2(4,5)1(6)7/h4-9H,1-3H3;(H,6,7). The molecule has 0 fully saturated rings. The summed E-state index contributed by atoms with van der Waals surface area (Å²) in [7, 11) is 3.77. The highest BCUT2D eigenvalue weighted by molar-refractivity contribution is 5.97. The summed E-state index contributed by atoms with van der Waals surface area (Å²) in [5, 5.41) is 18.6. The lowest BCUT2D eigenvalue weighted by Crippen LogP contribution is -2.37. The number of carbonyl (C=O) groups is 3. The molecule has 0 bridgehead atoms. The maximum Gasteiger partial charge on any atom is 0.430 e. The quantitative estimate of drug-likeness (QED) is 0.256. The SMILES string of the molecule is COC(=O)/C(O)=C(\C(=O)OC)[N+](C)=Cc1ccccc1.O=C([O-])C(F)(F)F. The average Bonchev–Trinajstić information content (AvgIpc) is 2.61. The Hall–Kier alpha value is -3.37. The van der Waals surface area contributed by atoms with Gasteiger partial charge in [0.15, 0.2) is 6.21 Å². The molecule has 8 nitrogen and oxygen atoms in total. The van der Waals surface area contributed by atoms with Gasteiger partial charge in [-0.3, -0.25) is 0 Å². The van der Waals surface area contributed by atoms with Crippen LogP contribution in [0.25, 0.3) is 0 Å². The van der Waals surface area contributed by atoms with Crippen LogP contribution in [0.1, 0.15) is 5.56 Å². The zero-order valence-electron chi connectivity index (χ0n) is 14.4. The molecule has 0 saturated carbocycles. The highest BCUT2D eigenvalue weighted by Gasteiger charge is 2.31. The molecule has 0 aliphatic heterocycles. The van der Waals surface area contributed by atoms with E-state index in [0.717, 1.165) is 19.8 Å². The lowest BCUT2D eigenvalue weighted by molar-refractivity contribution is -0.436. The molecule has 0 aromatic heterocycles. The van der Waals surface area contributed by atoms with Gasteiger partial charge in [-0.1, -0.05) is 18.2 Å². The molecule has 0 radical (unpaired) electrons. The summed E-state index contributed by atoms with van der Waals surface area (Å²) < 4.78 is 41.8. The van der Waals surface area contributed by atoms with Crippen LogP contribution >= 0.6 is 0 Å². The third-order valence-corrected chi connectivity index (χ3v) is 2.71. The van der Waals surface area contributed by atoms with Gasteiger partial charge < -0.3 is 24.5 Å². The Labute approximate surface area is 151 Å². The Morgan fingerprint density at radius 2 is 1.52 bits per heavy atom. The monoisotopic (exact) mass is 391 g/mol. The number of likely N-dealkylation sites (N-methyl/N-ethyl adjacent to an activating group) is 1. The van der Waals surface area contributed by atoms with E-state index in [2.05, 4.69) is 9.47 Å². The Balaban J connectivity index is 0.000000821. The lowest BCUT2D eigenvalue weighted by Gasteiger charge is -2.03. The normalized spacial score (nSPS) is 12.1. The molecule has 0 amide bonds. The first kappa shape index (κ1) is 23.6. The fraction of sp³-hybridized carbons (Fsp3) is 0.250. The molecular weight excluding hydrogens is 375 g/mol. The third kappa shape index (κ3) is 8.03. The number of aliphatic carboxylic acids is 1. The van der Waals surface area contributed by atoms with Crippen molar-refractivity contribution < 1.29 is 51.8 Å². The number of halogens is 3.